The lowest BCUT2D eigenvalue weighted by Gasteiger charge is -2.34. The lowest BCUT2D eigenvalue weighted by atomic mass is 9.71. The molecule has 2 saturated carbocycles. The number of fused-ring (bicyclic) bond motifs is 4. The fourth-order valence-electron chi connectivity index (χ4n) is 8.16. The Kier molecular flexibility index (Phi) is 5.81. The van der Waals surface area contributed by atoms with E-state index in [9.17, 15) is 0 Å². The molecule has 0 spiro atoms. The maximum absolute atomic E-state index is 4.31. The van der Waals surface area contributed by atoms with Crippen molar-refractivity contribution in [2.45, 2.75) is 44.9 Å². The van der Waals surface area contributed by atoms with Crippen LogP contribution < -0.4 is 0 Å². The van der Waals surface area contributed by atoms with Crippen molar-refractivity contribution in [3.05, 3.63) is 121 Å². The van der Waals surface area contributed by atoms with E-state index in [0.717, 1.165) is 17.0 Å². The van der Waals surface area contributed by atoms with Gasteiger partial charge in [-0.15, -0.1) is 0 Å². The molecule has 0 amide bonds. The average molecular weight is 505 g/mol. The summed E-state index contributed by atoms with van der Waals surface area (Å²) in [5, 5.41) is 5.03. The van der Waals surface area contributed by atoms with Crippen LogP contribution in [0.2, 0.25) is 0 Å². The van der Waals surface area contributed by atoms with Crippen molar-refractivity contribution < 1.29 is 0 Å². The molecule has 0 saturated heterocycles. The fraction of sp³-hybridized carbons (Fsp3) is 0.231. The Morgan fingerprint density at radius 3 is 2.08 bits per heavy atom. The van der Waals surface area contributed by atoms with Crippen molar-refractivity contribution in [2.75, 3.05) is 0 Å². The first-order valence-corrected chi connectivity index (χ1v) is 14.5. The van der Waals surface area contributed by atoms with Gasteiger partial charge in [-0.05, 0) is 97.0 Å². The molecule has 0 aromatic heterocycles. The van der Waals surface area contributed by atoms with E-state index in [-0.39, 0.29) is 0 Å². The summed E-state index contributed by atoms with van der Waals surface area (Å²) in [6.45, 7) is 11.2. The smallest absolute Gasteiger partial charge is 0.00204 e. The van der Waals surface area contributed by atoms with E-state index >= 15 is 0 Å². The Morgan fingerprint density at radius 1 is 0.718 bits per heavy atom. The molecular formula is C39H36. The molecule has 0 nitrogen and oxygen atoms in total. The molecule has 7 rings (SSSR count). The summed E-state index contributed by atoms with van der Waals surface area (Å²) >= 11 is 0. The number of hydrogen-bond donors (Lipinski definition) is 0. The van der Waals surface area contributed by atoms with Crippen molar-refractivity contribution in [2.24, 2.45) is 11.3 Å². The van der Waals surface area contributed by atoms with E-state index in [1.807, 2.05) is 12.2 Å². The zero-order valence-corrected chi connectivity index (χ0v) is 22.9. The molecular weight excluding hydrogens is 468 g/mol. The van der Waals surface area contributed by atoms with Crippen LogP contribution in [0.1, 0.15) is 61.6 Å². The number of benzene rings is 5. The molecule has 39 heavy (non-hydrogen) atoms. The minimum absolute atomic E-state index is 0.472. The molecule has 0 heterocycles. The lowest BCUT2D eigenvalue weighted by Crippen LogP contribution is -2.22. The predicted octanol–water partition coefficient (Wildman–Crippen LogP) is 11.3. The summed E-state index contributed by atoms with van der Waals surface area (Å²) < 4.78 is 0. The molecule has 0 radical (unpaired) electrons. The summed E-state index contributed by atoms with van der Waals surface area (Å²) in [6, 6.07) is 33.7. The Balaban J connectivity index is 1.44. The number of rotatable bonds is 5. The Labute approximate surface area is 232 Å². The monoisotopic (exact) mass is 504 g/mol. The highest BCUT2D eigenvalue weighted by Gasteiger charge is 2.46. The third kappa shape index (κ3) is 3.80. The van der Waals surface area contributed by atoms with E-state index in [1.54, 1.807) is 0 Å². The summed E-state index contributed by atoms with van der Waals surface area (Å²) in [5.41, 5.74) is 9.28. The van der Waals surface area contributed by atoms with E-state index in [0.29, 0.717) is 11.3 Å². The minimum atomic E-state index is 0.472. The van der Waals surface area contributed by atoms with Gasteiger partial charge in [0.1, 0.15) is 0 Å². The Bertz CT molecular complexity index is 1730. The highest BCUT2D eigenvalue weighted by atomic mass is 14.5. The van der Waals surface area contributed by atoms with E-state index in [2.05, 4.69) is 111 Å². The maximum atomic E-state index is 4.31. The van der Waals surface area contributed by atoms with Crippen LogP contribution in [-0.2, 0) is 0 Å². The van der Waals surface area contributed by atoms with Gasteiger partial charge in [0.2, 0.25) is 0 Å². The zero-order valence-electron chi connectivity index (χ0n) is 22.9. The van der Waals surface area contributed by atoms with Crippen LogP contribution in [0, 0.1) is 11.3 Å². The van der Waals surface area contributed by atoms with Gasteiger partial charge in [-0.1, -0.05) is 136 Å². The third-order valence-electron chi connectivity index (χ3n) is 9.89. The molecule has 3 atom stereocenters. The normalized spacial score (nSPS) is 22.3. The third-order valence-corrected chi connectivity index (χ3v) is 9.89. The zero-order chi connectivity index (χ0) is 26.6. The first-order chi connectivity index (χ1) is 19.1. The van der Waals surface area contributed by atoms with Gasteiger partial charge in [0.15, 0.2) is 0 Å². The number of hydrogen-bond acceptors (Lipinski definition) is 0. The second-order valence-electron chi connectivity index (χ2n) is 12.1. The van der Waals surface area contributed by atoms with E-state index < -0.39 is 0 Å². The van der Waals surface area contributed by atoms with Gasteiger partial charge in [-0.2, -0.15) is 0 Å². The van der Waals surface area contributed by atoms with Crippen LogP contribution in [0.15, 0.2) is 104 Å². The largest absolute Gasteiger partial charge is 0.0984 e. The molecule has 192 valence electrons. The molecule has 0 N–H and O–H groups in total. The van der Waals surface area contributed by atoms with Gasteiger partial charge in [-0.3, -0.25) is 0 Å². The van der Waals surface area contributed by atoms with Crippen molar-refractivity contribution >= 4 is 33.7 Å². The summed E-state index contributed by atoms with van der Waals surface area (Å²) in [7, 11) is 0. The first kappa shape index (κ1) is 24.2. The second-order valence-corrected chi connectivity index (χ2v) is 12.1. The van der Waals surface area contributed by atoms with Crippen LogP contribution in [0.4, 0.5) is 0 Å². The van der Waals surface area contributed by atoms with Crippen LogP contribution in [-0.4, -0.2) is 0 Å². The summed E-state index contributed by atoms with van der Waals surface area (Å²) in [4.78, 5) is 0. The Morgan fingerprint density at radius 2 is 1.36 bits per heavy atom. The van der Waals surface area contributed by atoms with Crippen LogP contribution in [0.3, 0.4) is 0 Å². The predicted molar refractivity (Wildman–Crippen MR) is 170 cm³/mol. The van der Waals surface area contributed by atoms with Gasteiger partial charge in [0, 0.05) is 0 Å². The quantitative estimate of drug-likeness (QED) is 0.223. The van der Waals surface area contributed by atoms with Crippen LogP contribution in [0.5, 0.6) is 0 Å². The second kappa shape index (κ2) is 9.38. The van der Waals surface area contributed by atoms with Crippen molar-refractivity contribution in [3.8, 4) is 22.3 Å². The molecule has 2 bridgehead atoms. The fourth-order valence-corrected chi connectivity index (χ4v) is 8.16. The SMILES string of the molecule is C=Cc1c(C=C)c(-c2cccc3ccccc23)c2ccccc2c1-c1ccc(C2C[C@@H]3CCC[C@@]2(C)C3)cc1. The van der Waals surface area contributed by atoms with Crippen LogP contribution in [0.25, 0.3) is 56.0 Å². The first-order valence-electron chi connectivity index (χ1n) is 14.5. The summed E-state index contributed by atoms with van der Waals surface area (Å²) in [5.74, 6) is 1.61. The average Bonchev–Trinajstić information content (AvgIpc) is 3.22. The topological polar surface area (TPSA) is 0 Å². The molecule has 0 aliphatic heterocycles. The molecule has 0 heteroatoms. The molecule has 2 aliphatic rings. The summed E-state index contributed by atoms with van der Waals surface area (Å²) in [6.07, 6.45) is 11.0. The molecule has 2 aliphatic carbocycles. The van der Waals surface area contributed by atoms with E-state index in [1.165, 1.54) is 81.5 Å². The van der Waals surface area contributed by atoms with Crippen LogP contribution >= 0.6 is 0 Å². The van der Waals surface area contributed by atoms with Gasteiger partial charge in [0.05, 0.1) is 0 Å². The maximum Gasteiger partial charge on any atom is -0.00204 e. The van der Waals surface area contributed by atoms with Gasteiger partial charge < -0.3 is 0 Å². The molecule has 5 aromatic carbocycles. The highest BCUT2D eigenvalue weighted by Crippen LogP contribution is 2.59. The lowest BCUT2D eigenvalue weighted by molar-refractivity contribution is 0.218. The molecule has 5 aromatic rings. The Hall–Kier alpha value is -3.90. The molecule has 1 unspecified atom stereocenters. The van der Waals surface area contributed by atoms with Gasteiger partial charge >= 0.3 is 0 Å². The van der Waals surface area contributed by atoms with Crippen molar-refractivity contribution in [3.63, 3.8) is 0 Å². The molecule has 2 fully saturated rings. The van der Waals surface area contributed by atoms with E-state index in [4.69, 9.17) is 0 Å². The van der Waals surface area contributed by atoms with Gasteiger partial charge in [0.25, 0.3) is 0 Å². The minimum Gasteiger partial charge on any atom is -0.0984 e. The highest BCUT2D eigenvalue weighted by molar-refractivity contribution is 6.14. The van der Waals surface area contributed by atoms with Gasteiger partial charge in [-0.25, -0.2) is 0 Å². The van der Waals surface area contributed by atoms with Crippen molar-refractivity contribution in [1.29, 1.82) is 0 Å². The van der Waals surface area contributed by atoms with Crippen molar-refractivity contribution in [1.82, 2.24) is 0 Å². The standard InChI is InChI=1S/C39H36/c1-4-30-31(5-2)38(33-18-10-14-27-13-6-7-15-32(27)33)35-17-9-8-16-34(35)37(30)29-21-19-28(20-22-29)36-24-26-12-11-23-39(36,3)25-26/h4-10,13-22,26,36H,1-2,11-12,23-25H2,3H3/t26-,36?,39-/m0/s1.